The Hall–Kier alpha value is -2.23. The van der Waals surface area contributed by atoms with E-state index >= 15 is 0 Å². The third kappa shape index (κ3) is 2.30. The number of H-pyrrole nitrogens is 1. The maximum absolute atomic E-state index is 11.0. The summed E-state index contributed by atoms with van der Waals surface area (Å²) in [5.74, 6) is 0.409. The monoisotopic (exact) mass is 231 g/mol. The van der Waals surface area contributed by atoms with E-state index in [0.717, 1.165) is 22.2 Å². The number of esters is 1. The molecule has 17 heavy (non-hydrogen) atoms. The molecule has 0 fully saturated rings. The van der Waals surface area contributed by atoms with Crippen LogP contribution in [0.15, 0.2) is 30.5 Å². The minimum atomic E-state index is -0.373. The summed E-state index contributed by atoms with van der Waals surface area (Å²) in [6, 6.07) is 5.74. The highest BCUT2D eigenvalue weighted by atomic mass is 16.5. The number of rotatable bonds is 3. The summed E-state index contributed by atoms with van der Waals surface area (Å²) >= 11 is 0. The van der Waals surface area contributed by atoms with Crippen LogP contribution < -0.4 is 4.74 Å². The van der Waals surface area contributed by atoms with Crippen LogP contribution >= 0.6 is 0 Å². The van der Waals surface area contributed by atoms with Crippen LogP contribution in [0.3, 0.4) is 0 Å². The van der Waals surface area contributed by atoms with Crippen molar-refractivity contribution in [3.63, 3.8) is 0 Å². The Morgan fingerprint density at radius 1 is 1.35 bits per heavy atom. The van der Waals surface area contributed by atoms with Gasteiger partial charge in [-0.15, -0.1) is 0 Å². The number of hydrogen-bond acceptors (Lipinski definition) is 3. The normalized spacial score (nSPS) is 10.9. The molecule has 0 saturated heterocycles. The second kappa shape index (κ2) is 4.74. The SMILES string of the molecule is COC(=O)C=Cc1c[nH]c2ccc(OC)cc12. The molecule has 0 unspecified atom stereocenters. The molecule has 0 aliphatic carbocycles. The highest BCUT2D eigenvalue weighted by Crippen LogP contribution is 2.24. The first-order valence-corrected chi connectivity index (χ1v) is 5.15. The summed E-state index contributed by atoms with van der Waals surface area (Å²) in [4.78, 5) is 14.1. The van der Waals surface area contributed by atoms with Gasteiger partial charge in [0.25, 0.3) is 0 Å². The van der Waals surface area contributed by atoms with Gasteiger partial charge in [0.15, 0.2) is 0 Å². The van der Waals surface area contributed by atoms with E-state index in [1.165, 1.54) is 13.2 Å². The average Bonchev–Trinajstić information content (AvgIpc) is 2.78. The van der Waals surface area contributed by atoms with Gasteiger partial charge in [0.05, 0.1) is 14.2 Å². The van der Waals surface area contributed by atoms with E-state index < -0.39 is 0 Å². The molecule has 0 atom stereocenters. The zero-order chi connectivity index (χ0) is 12.3. The summed E-state index contributed by atoms with van der Waals surface area (Å²) < 4.78 is 9.71. The molecule has 1 aromatic heterocycles. The van der Waals surface area contributed by atoms with Crippen molar-refractivity contribution in [3.8, 4) is 5.75 Å². The number of aromatic amines is 1. The van der Waals surface area contributed by atoms with Crippen molar-refractivity contribution < 1.29 is 14.3 Å². The molecule has 1 heterocycles. The molecule has 0 saturated carbocycles. The van der Waals surface area contributed by atoms with Gasteiger partial charge in [-0.25, -0.2) is 4.79 Å². The predicted octanol–water partition coefficient (Wildman–Crippen LogP) is 2.36. The molecular formula is C13H13NO3. The molecular weight excluding hydrogens is 218 g/mol. The lowest BCUT2D eigenvalue weighted by atomic mass is 10.1. The van der Waals surface area contributed by atoms with Crippen LogP contribution in [0.5, 0.6) is 5.75 Å². The lowest BCUT2D eigenvalue weighted by Crippen LogP contribution is -1.92. The predicted molar refractivity (Wildman–Crippen MR) is 65.9 cm³/mol. The number of aromatic nitrogens is 1. The number of hydrogen-bond donors (Lipinski definition) is 1. The fraction of sp³-hybridized carbons (Fsp3) is 0.154. The van der Waals surface area contributed by atoms with Gasteiger partial charge >= 0.3 is 5.97 Å². The summed E-state index contributed by atoms with van der Waals surface area (Å²) in [6.07, 6.45) is 4.94. The standard InChI is InChI=1S/C13H13NO3/c1-16-10-4-5-12-11(7-10)9(8-14-12)3-6-13(15)17-2/h3-8,14H,1-2H3. The minimum absolute atomic E-state index is 0.373. The lowest BCUT2D eigenvalue weighted by Gasteiger charge is -1.99. The van der Waals surface area contributed by atoms with E-state index in [2.05, 4.69) is 9.72 Å². The van der Waals surface area contributed by atoms with Crippen molar-refractivity contribution in [1.82, 2.24) is 4.98 Å². The number of carbonyl (C=O) groups is 1. The fourth-order valence-electron chi connectivity index (χ4n) is 1.61. The van der Waals surface area contributed by atoms with Gasteiger partial charge in [0.1, 0.15) is 5.75 Å². The van der Waals surface area contributed by atoms with E-state index in [9.17, 15) is 4.79 Å². The minimum Gasteiger partial charge on any atom is -0.497 e. The second-order valence-electron chi connectivity index (χ2n) is 3.51. The maximum Gasteiger partial charge on any atom is 0.330 e. The number of fused-ring (bicyclic) bond motifs is 1. The summed E-state index contributed by atoms with van der Waals surface area (Å²) in [7, 11) is 2.97. The molecule has 4 heteroatoms. The van der Waals surface area contributed by atoms with Crippen molar-refractivity contribution >= 4 is 22.9 Å². The molecule has 0 aliphatic rings. The number of nitrogens with one attached hydrogen (secondary N) is 1. The Morgan fingerprint density at radius 3 is 2.88 bits per heavy atom. The first-order valence-electron chi connectivity index (χ1n) is 5.15. The molecule has 1 N–H and O–H groups in total. The Kier molecular flexibility index (Phi) is 3.14. The number of ether oxygens (including phenoxy) is 2. The number of benzene rings is 1. The van der Waals surface area contributed by atoms with Gasteiger partial charge in [0, 0.05) is 28.7 Å². The van der Waals surface area contributed by atoms with Crippen LogP contribution in [0.2, 0.25) is 0 Å². The van der Waals surface area contributed by atoms with E-state index in [4.69, 9.17) is 4.74 Å². The molecule has 2 aromatic rings. The topological polar surface area (TPSA) is 51.3 Å². The lowest BCUT2D eigenvalue weighted by molar-refractivity contribution is -0.134. The number of methoxy groups -OCH3 is 2. The van der Waals surface area contributed by atoms with Gasteiger partial charge in [-0.1, -0.05) is 0 Å². The van der Waals surface area contributed by atoms with Gasteiger partial charge in [0.2, 0.25) is 0 Å². The largest absolute Gasteiger partial charge is 0.497 e. The highest BCUT2D eigenvalue weighted by Gasteiger charge is 2.03. The van der Waals surface area contributed by atoms with Crippen molar-refractivity contribution in [2.24, 2.45) is 0 Å². The molecule has 0 amide bonds. The Bertz CT molecular complexity index is 569. The van der Waals surface area contributed by atoms with Gasteiger partial charge in [-0.3, -0.25) is 0 Å². The molecule has 0 radical (unpaired) electrons. The maximum atomic E-state index is 11.0. The molecule has 88 valence electrons. The third-order valence-corrected chi connectivity index (χ3v) is 2.52. The zero-order valence-corrected chi connectivity index (χ0v) is 9.69. The van der Waals surface area contributed by atoms with Gasteiger partial charge in [-0.05, 0) is 24.3 Å². The summed E-state index contributed by atoms with van der Waals surface area (Å²) in [6.45, 7) is 0. The van der Waals surface area contributed by atoms with E-state index in [1.807, 2.05) is 24.4 Å². The quantitative estimate of drug-likeness (QED) is 0.651. The van der Waals surface area contributed by atoms with Gasteiger partial charge < -0.3 is 14.5 Å². The second-order valence-corrected chi connectivity index (χ2v) is 3.51. The molecule has 0 bridgehead atoms. The van der Waals surface area contributed by atoms with Crippen LogP contribution in [-0.4, -0.2) is 25.2 Å². The summed E-state index contributed by atoms with van der Waals surface area (Å²) in [5, 5.41) is 1.00. The van der Waals surface area contributed by atoms with E-state index in [0.29, 0.717) is 0 Å². The van der Waals surface area contributed by atoms with Gasteiger partial charge in [-0.2, -0.15) is 0 Å². The van der Waals surface area contributed by atoms with Crippen LogP contribution in [0.1, 0.15) is 5.56 Å². The van der Waals surface area contributed by atoms with Crippen LogP contribution in [0.4, 0.5) is 0 Å². The van der Waals surface area contributed by atoms with Crippen LogP contribution in [-0.2, 0) is 9.53 Å². The molecule has 0 spiro atoms. The van der Waals surface area contributed by atoms with E-state index in [1.54, 1.807) is 13.2 Å². The number of carbonyl (C=O) groups excluding carboxylic acids is 1. The molecule has 0 aliphatic heterocycles. The van der Waals surface area contributed by atoms with Crippen molar-refractivity contribution in [2.75, 3.05) is 14.2 Å². The fourth-order valence-corrected chi connectivity index (χ4v) is 1.61. The van der Waals surface area contributed by atoms with Crippen LogP contribution in [0, 0.1) is 0 Å². The Labute approximate surface area is 98.8 Å². The molecule has 4 nitrogen and oxygen atoms in total. The first-order chi connectivity index (χ1) is 8.24. The Morgan fingerprint density at radius 2 is 2.18 bits per heavy atom. The van der Waals surface area contributed by atoms with Crippen molar-refractivity contribution in [1.29, 1.82) is 0 Å². The third-order valence-electron chi connectivity index (χ3n) is 2.52. The molecule has 2 rings (SSSR count). The van der Waals surface area contributed by atoms with E-state index in [-0.39, 0.29) is 5.97 Å². The average molecular weight is 231 g/mol. The van der Waals surface area contributed by atoms with Crippen molar-refractivity contribution in [2.45, 2.75) is 0 Å². The summed E-state index contributed by atoms with van der Waals surface area (Å²) in [5.41, 5.74) is 1.92. The zero-order valence-electron chi connectivity index (χ0n) is 9.69. The Balaban J connectivity index is 2.40. The first kappa shape index (κ1) is 11.3. The van der Waals surface area contributed by atoms with Crippen LogP contribution in [0.25, 0.3) is 17.0 Å². The highest BCUT2D eigenvalue weighted by molar-refractivity contribution is 5.94. The smallest absolute Gasteiger partial charge is 0.330 e. The molecule has 1 aromatic carbocycles. The van der Waals surface area contributed by atoms with Crippen molar-refractivity contribution in [3.05, 3.63) is 36.0 Å².